The molecule has 1 rings (SSSR count). The van der Waals surface area contributed by atoms with Gasteiger partial charge in [-0.25, -0.2) is 0 Å². The second-order valence-corrected chi connectivity index (χ2v) is 4.41. The Morgan fingerprint density at radius 1 is 1.19 bits per heavy atom. The van der Waals surface area contributed by atoms with Gasteiger partial charge in [-0.05, 0) is 49.9 Å². The molecule has 0 aliphatic rings. The van der Waals surface area contributed by atoms with E-state index in [1.165, 1.54) is 22.3 Å². The molecule has 0 aliphatic carbocycles. The number of aryl methyl sites for hydroxylation is 2. The summed E-state index contributed by atoms with van der Waals surface area (Å²) >= 11 is 0. The molecule has 0 amide bonds. The zero-order valence-corrected chi connectivity index (χ0v) is 10.6. The maximum atomic E-state index is 9.45. The van der Waals surface area contributed by atoms with E-state index in [-0.39, 0.29) is 6.54 Å². The molecule has 1 aromatic rings. The van der Waals surface area contributed by atoms with Crippen LogP contribution in [0.5, 0.6) is 0 Å². The van der Waals surface area contributed by atoms with E-state index in [1.54, 1.807) is 0 Å². The van der Waals surface area contributed by atoms with Gasteiger partial charge >= 0.3 is 0 Å². The van der Waals surface area contributed by atoms with E-state index < -0.39 is 6.10 Å². The number of nitrogens with two attached hydrogens (primary N) is 1. The molecule has 0 radical (unpaired) electrons. The number of nitrogens with one attached hydrogen (secondary N) is 1. The van der Waals surface area contributed by atoms with Crippen LogP contribution in [0, 0.1) is 27.7 Å². The van der Waals surface area contributed by atoms with Crippen molar-refractivity contribution < 1.29 is 5.11 Å². The van der Waals surface area contributed by atoms with Gasteiger partial charge in [0.15, 0.2) is 0 Å². The van der Waals surface area contributed by atoms with Crippen molar-refractivity contribution in [2.24, 2.45) is 5.73 Å². The van der Waals surface area contributed by atoms with Crippen LogP contribution in [0.25, 0.3) is 0 Å². The van der Waals surface area contributed by atoms with E-state index in [4.69, 9.17) is 5.73 Å². The van der Waals surface area contributed by atoms with Crippen LogP contribution in [0.3, 0.4) is 0 Å². The van der Waals surface area contributed by atoms with Gasteiger partial charge in [0.25, 0.3) is 0 Å². The molecule has 0 aromatic heterocycles. The van der Waals surface area contributed by atoms with E-state index >= 15 is 0 Å². The highest BCUT2D eigenvalue weighted by atomic mass is 16.3. The van der Waals surface area contributed by atoms with Crippen LogP contribution in [0.4, 0.5) is 5.69 Å². The van der Waals surface area contributed by atoms with Crippen molar-refractivity contribution in [3.8, 4) is 0 Å². The third kappa shape index (κ3) is 2.74. The van der Waals surface area contributed by atoms with Gasteiger partial charge in [0.05, 0.1) is 6.10 Å². The minimum Gasteiger partial charge on any atom is -0.390 e. The van der Waals surface area contributed by atoms with E-state index in [2.05, 4.69) is 39.1 Å². The predicted molar refractivity (Wildman–Crippen MR) is 68.9 cm³/mol. The third-order valence-corrected chi connectivity index (χ3v) is 3.15. The summed E-state index contributed by atoms with van der Waals surface area (Å²) in [5, 5.41) is 12.7. The van der Waals surface area contributed by atoms with Crippen LogP contribution in [-0.4, -0.2) is 24.3 Å². The van der Waals surface area contributed by atoms with Crippen LogP contribution < -0.4 is 11.1 Å². The highest BCUT2D eigenvalue weighted by molar-refractivity contribution is 5.62. The van der Waals surface area contributed by atoms with Gasteiger partial charge in [0.2, 0.25) is 0 Å². The lowest BCUT2D eigenvalue weighted by Gasteiger charge is -2.18. The first kappa shape index (κ1) is 13.0. The molecule has 0 heterocycles. The Kier molecular flexibility index (Phi) is 4.33. The average molecular weight is 222 g/mol. The number of benzene rings is 1. The van der Waals surface area contributed by atoms with Crippen LogP contribution in [0.2, 0.25) is 0 Å². The van der Waals surface area contributed by atoms with Crippen LogP contribution in [0.15, 0.2) is 6.07 Å². The van der Waals surface area contributed by atoms with Crippen molar-refractivity contribution in [2.45, 2.75) is 33.8 Å². The second kappa shape index (κ2) is 5.32. The summed E-state index contributed by atoms with van der Waals surface area (Å²) < 4.78 is 0. The maximum Gasteiger partial charge on any atom is 0.0834 e. The van der Waals surface area contributed by atoms with E-state index in [0.717, 1.165) is 5.69 Å². The minimum absolute atomic E-state index is 0.288. The lowest BCUT2D eigenvalue weighted by Crippen LogP contribution is -2.28. The zero-order valence-electron chi connectivity index (χ0n) is 10.6. The average Bonchev–Trinajstić information content (AvgIpc) is 2.26. The molecule has 0 aliphatic heterocycles. The summed E-state index contributed by atoms with van der Waals surface area (Å²) in [5.74, 6) is 0. The Morgan fingerprint density at radius 3 is 2.12 bits per heavy atom. The fraction of sp³-hybridized carbons (Fsp3) is 0.538. The summed E-state index contributed by atoms with van der Waals surface area (Å²) in [4.78, 5) is 0. The Hall–Kier alpha value is -1.06. The molecule has 0 spiro atoms. The fourth-order valence-electron chi connectivity index (χ4n) is 1.79. The SMILES string of the molecule is Cc1cc(C)c(C)c(NCC(O)CN)c1C. The Labute approximate surface area is 97.7 Å². The molecule has 90 valence electrons. The summed E-state index contributed by atoms with van der Waals surface area (Å²) in [5.41, 5.74) is 11.5. The molecule has 0 bridgehead atoms. The number of aliphatic hydroxyl groups excluding tert-OH is 1. The van der Waals surface area contributed by atoms with Crippen LogP contribution >= 0.6 is 0 Å². The normalized spacial score (nSPS) is 12.6. The lowest BCUT2D eigenvalue weighted by molar-refractivity contribution is 0.196. The number of rotatable bonds is 4. The van der Waals surface area contributed by atoms with Gasteiger partial charge in [0.1, 0.15) is 0 Å². The Balaban J connectivity index is 2.94. The fourth-order valence-corrected chi connectivity index (χ4v) is 1.79. The van der Waals surface area contributed by atoms with Gasteiger partial charge < -0.3 is 16.2 Å². The summed E-state index contributed by atoms with van der Waals surface area (Å²) in [7, 11) is 0. The van der Waals surface area contributed by atoms with Crippen molar-refractivity contribution in [1.29, 1.82) is 0 Å². The molecule has 4 N–H and O–H groups in total. The molecule has 16 heavy (non-hydrogen) atoms. The number of anilines is 1. The topological polar surface area (TPSA) is 58.3 Å². The summed E-state index contributed by atoms with van der Waals surface area (Å²) in [6, 6.07) is 2.19. The van der Waals surface area contributed by atoms with Gasteiger partial charge in [-0.3, -0.25) is 0 Å². The molecular weight excluding hydrogens is 200 g/mol. The summed E-state index contributed by atoms with van der Waals surface area (Å²) in [6.07, 6.45) is -0.486. The molecule has 3 nitrogen and oxygen atoms in total. The van der Waals surface area contributed by atoms with E-state index in [9.17, 15) is 5.11 Å². The number of hydrogen-bond donors (Lipinski definition) is 3. The standard InChI is InChI=1S/C13H22N2O/c1-8-5-9(2)11(4)13(10(8)3)15-7-12(16)6-14/h5,12,15-16H,6-7,14H2,1-4H3. The monoisotopic (exact) mass is 222 g/mol. The van der Waals surface area contributed by atoms with Gasteiger partial charge in [-0.15, -0.1) is 0 Å². The first-order chi connectivity index (χ1) is 7.47. The smallest absolute Gasteiger partial charge is 0.0834 e. The lowest BCUT2D eigenvalue weighted by atomic mass is 9.98. The highest BCUT2D eigenvalue weighted by Gasteiger charge is 2.09. The van der Waals surface area contributed by atoms with Gasteiger partial charge in [0, 0.05) is 18.8 Å². The molecule has 3 heteroatoms. The molecule has 1 atom stereocenters. The number of hydrogen-bond acceptors (Lipinski definition) is 3. The zero-order chi connectivity index (χ0) is 12.3. The summed E-state index contributed by atoms with van der Waals surface area (Å²) in [6.45, 7) is 9.19. The molecule has 0 saturated carbocycles. The Bertz CT molecular complexity index is 348. The molecular formula is C13H22N2O. The van der Waals surface area contributed by atoms with Crippen molar-refractivity contribution in [2.75, 3.05) is 18.4 Å². The first-order valence-corrected chi connectivity index (χ1v) is 5.66. The number of aliphatic hydroxyl groups is 1. The quantitative estimate of drug-likeness (QED) is 0.726. The maximum absolute atomic E-state index is 9.45. The second-order valence-electron chi connectivity index (χ2n) is 4.41. The molecule has 0 fully saturated rings. The third-order valence-electron chi connectivity index (χ3n) is 3.15. The van der Waals surface area contributed by atoms with Crippen LogP contribution in [0.1, 0.15) is 22.3 Å². The minimum atomic E-state index is -0.486. The highest BCUT2D eigenvalue weighted by Crippen LogP contribution is 2.26. The van der Waals surface area contributed by atoms with Crippen molar-refractivity contribution in [3.05, 3.63) is 28.3 Å². The Morgan fingerprint density at radius 2 is 1.69 bits per heavy atom. The molecule has 1 unspecified atom stereocenters. The predicted octanol–water partition coefficient (Wildman–Crippen LogP) is 1.65. The van der Waals surface area contributed by atoms with Crippen LogP contribution in [-0.2, 0) is 0 Å². The molecule has 1 aromatic carbocycles. The van der Waals surface area contributed by atoms with E-state index in [0.29, 0.717) is 6.54 Å². The van der Waals surface area contributed by atoms with Gasteiger partial charge in [-0.1, -0.05) is 6.07 Å². The van der Waals surface area contributed by atoms with Crippen molar-refractivity contribution in [3.63, 3.8) is 0 Å². The van der Waals surface area contributed by atoms with Crippen molar-refractivity contribution >= 4 is 5.69 Å². The first-order valence-electron chi connectivity index (χ1n) is 5.66. The largest absolute Gasteiger partial charge is 0.390 e. The van der Waals surface area contributed by atoms with E-state index in [1.807, 2.05) is 0 Å². The van der Waals surface area contributed by atoms with Crippen molar-refractivity contribution in [1.82, 2.24) is 0 Å². The molecule has 0 saturated heterocycles. The van der Waals surface area contributed by atoms with Gasteiger partial charge in [-0.2, -0.15) is 0 Å².